The maximum Gasteiger partial charge on any atom is 0.251 e. The SMILES string of the molecule is CS(=O)(=O)N1CCO[C@@H](CNC(=O)c2cccc(-n3cccn3)c2)C1. The minimum Gasteiger partial charge on any atom is -0.374 e. The number of aromatic nitrogens is 2. The lowest BCUT2D eigenvalue weighted by molar-refractivity contribution is 0.000438. The number of hydrogen-bond acceptors (Lipinski definition) is 5. The van der Waals surface area contributed by atoms with E-state index in [0.717, 1.165) is 5.69 Å². The Balaban J connectivity index is 1.60. The fraction of sp³-hybridized carbons (Fsp3) is 0.375. The van der Waals surface area contributed by atoms with E-state index in [1.807, 2.05) is 6.07 Å². The monoisotopic (exact) mass is 364 g/mol. The van der Waals surface area contributed by atoms with Crippen molar-refractivity contribution in [2.45, 2.75) is 6.10 Å². The molecule has 1 atom stereocenters. The van der Waals surface area contributed by atoms with Gasteiger partial charge in [-0.05, 0) is 24.3 Å². The van der Waals surface area contributed by atoms with Crippen LogP contribution in [0.15, 0.2) is 42.7 Å². The number of amides is 1. The molecule has 0 spiro atoms. The van der Waals surface area contributed by atoms with Crippen molar-refractivity contribution in [2.75, 3.05) is 32.5 Å². The summed E-state index contributed by atoms with van der Waals surface area (Å²) in [4.78, 5) is 12.4. The van der Waals surface area contributed by atoms with Crippen LogP contribution in [0.5, 0.6) is 0 Å². The van der Waals surface area contributed by atoms with Crippen LogP contribution in [-0.2, 0) is 14.8 Å². The van der Waals surface area contributed by atoms with Gasteiger partial charge >= 0.3 is 0 Å². The van der Waals surface area contributed by atoms with Gasteiger partial charge in [0.1, 0.15) is 0 Å². The van der Waals surface area contributed by atoms with Gasteiger partial charge in [-0.3, -0.25) is 4.79 Å². The molecule has 2 aromatic rings. The van der Waals surface area contributed by atoms with E-state index in [1.54, 1.807) is 41.3 Å². The molecule has 0 saturated carbocycles. The molecule has 1 amide bonds. The van der Waals surface area contributed by atoms with Gasteiger partial charge in [0.2, 0.25) is 10.0 Å². The number of morpholine rings is 1. The number of hydrogen-bond donors (Lipinski definition) is 1. The van der Waals surface area contributed by atoms with Crippen LogP contribution in [-0.4, -0.2) is 67.0 Å². The van der Waals surface area contributed by atoms with E-state index in [9.17, 15) is 13.2 Å². The summed E-state index contributed by atoms with van der Waals surface area (Å²) >= 11 is 0. The van der Waals surface area contributed by atoms with E-state index < -0.39 is 10.0 Å². The number of ether oxygens (including phenoxy) is 1. The number of nitrogens with zero attached hydrogens (tertiary/aromatic N) is 3. The maximum atomic E-state index is 12.4. The summed E-state index contributed by atoms with van der Waals surface area (Å²) in [5.74, 6) is -0.242. The summed E-state index contributed by atoms with van der Waals surface area (Å²) in [6.07, 6.45) is 4.28. The first kappa shape index (κ1) is 17.6. The van der Waals surface area contributed by atoms with Gasteiger partial charge in [-0.2, -0.15) is 9.40 Å². The highest BCUT2D eigenvalue weighted by molar-refractivity contribution is 7.88. The average molecular weight is 364 g/mol. The second kappa shape index (κ2) is 7.34. The van der Waals surface area contributed by atoms with Crippen LogP contribution in [0.4, 0.5) is 0 Å². The van der Waals surface area contributed by atoms with Crippen LogP contribution in [0, 0.1) is 0 Å². The smallest absolute Gasteiger partial charge is 0.251 e. The van der Waals surface area contributed by atoms with E-state index in [4.69, 9.17) is 4.74 Å². The van der Waals surface area contributed by atoms with Crippen molar-refractivity contribution < 1.29 is 17.9 Å². The Morgan fingerprint density at radius 3 is 2.96 bits per heavy atom. The summed E-state index contributed by atoms with van der Waals surface area (Å²) in [6.45, 7) is 1.15. The third kappa shape index (κ3) is 4.44. The van der Waals surface area contributed by atoms with Crippen molar-refractivity contribution in [3.8, 4) is 5.69 Å². The molecule has 1 N–H and O–H groups in total. The van der Waals surface area contributed by atoms with Gasteiger partial charge < -0.3 is 10.1 Å². The van der Waals surface area contributed by atoms with Crippen molar-refractivity contribution in [2.24, 2.45) is 0 Å². The van der Waals surface area contributed by atoms with Crippen LogP contribution in [0.1, 0.15) is 10.4 Å². The molecule has 25 heavy (non-hydrogen) atoms. The fourth-order valence-corrected chi connectivity index (χ4v) is 3.48. The van der Waals surface area contributed by atoms with Gasteiger partial charge in [-0.1, -0.05) is 6.07 Å². The predicted molar refractivity (Wildman–Crippen MR) is 92.1 cm³/mol. The number of rotatable bonds is 5. The van der Waals surface area contributed by atoms with Crippen molar-refractivity contribution >= 4 is 15.9 Å². The molecule has 0 radical (unpaired) electrons. The van der Waals surface area contributed by atoms with E-state index >= 15 is 0 Å². The van der Waals surface area contributed by atoms with E-state index in [0.29, 0.717) is 18.7 Å². The van der Waals surface area contributed by atoms with Gasteiger partial charge in [-0.15, -0.1) is 0 Å². The number of carbonyl (C=O) groups excluding carboxylic acids is 1. The average Bonchev–Trinajstić information content (AvgIpc) is 3.14. The van der Waals surface area contributed by atoms with Crippen LogP contribution < -0.4 is 5.32 Å². The minimum absolute atomic E-state index is 0.242. The number of nitrogens with one attached hydrogen (secondary N) is 1. The molecule has 1 fully saturated rings. The standard InChI is InChI=1S/C16H20N4O4S/c1-25(22,23)19-8-9-24-15(12-19)11-17-16(21)13-4-2-5-14(10-13)20-7-3-6-18-20/h2-7,10,15H,8-9,11-12H2,1H3,(H,17,21)/t15-/m0/s1. The third-order valence-corrected chi connectivity index (χ3v) is 5.21. The molecule has 1 aliphatic heterocycles. The predicted octanol–water partition coefficient (Wildman–Crippen LogP) is 0.263. The molecular weight excluding hydrogens is 344 g/mol. The quantitative estimate of drug-likeness (QED) is 0.822. The summed E-state index contributed by atoms with van der Waals surface area (Å²) < 4.78 is 31.8. The summed E-state index contributed by atoms with van der Waals surface area (Å²) in [5, 5.41) is 6.94. The Hall–Kier alpha value is -2.23. The molecule has 8 nitrogen and oxygen atoms in total. The zero-order valence-electron chi connectivity index (χ0n) is 13.8. The molecule has 1 aromatic carbocycles. The lowest BCUT2D eigenvalue weighted by atomic mass is 10.2. The first-order chi connectivity index (χ1) is 11.9. The molecule has 9 heteroatoms. The van der Waals surface area contributed by atoms with Gasteiger partial charge in [-0.25, -0.2) is 13.1 Å². The molecule has 1 aliphatic rings. The Morgan fingerprint density at radius 2 is 2.24 bits per heavy atom. The van der Waals surface area contributed by atoms with Crippen molar-refractivity contribution in [3.05, 3.63) is 48.3 Å². The van der Waals surface area contributed by atoms with Gasteiger partial charge in [0.05, 0.1) is 24.7 Å². The fourth-order valence-electron chi connectivity index (χ4n) is 2.64. The highest BCUT2D eigenvalue weighted by atomic mass is 32.2. The molecule has 134 valence electrons. The van der Waals surface area contributed by atoms with Crippen molar-refractivity contribution in [1.29, 1.82) is 0 Å². The van der Waals surface area contributed by atoms with Crippen LogP contribution in [0.2, 0.25) is 0 Å². The summed E-state index contributed by atoms with van der Waals surface area (Å²) in [7, 11) is -3.25. The zero-order chi connectivity index (χ0) is 17.9. The molecule has 1 saturated heterocycles. The zero-order valence-corrected chi connectivity index (χ0v) is 14.6. The van der Waals surface area contributed by atoms with E-state index in [-0.39, 0.29) is 25.1 Å². The number of benzene rings is 1. The van der Waals surface area contributed by atoms with E-state index in [2.05, 4.69) is 10.4 Å². The molecule has 0 unspecified atom stereocenters. The van der Waals surface area contributed by atoms with Crippen LogP contribution in [0.3, 0.4) is 0 Å². The van der Waals surface area contributed by atoms with Gasteiger partial charge in [0.25, 0.3) is 5.91 Å². The molecule has 1 aromatic heterocycles. The normalized spacial score (nSPS) is 18.8. The topological polar surface area (TPSA) is 93.5 Å². The Kier molecular flexibility index (Phi) is 5.16. The van der Waals surface area contributed by atoms with Gasteiger partial charge in [0.15, 0.2) is 0 Å². The summed E-state index contributed by atoms with van der Waals surface area (Å²) in [6, 6.07) is 8.91. The number of carbonyl (C=O) groups is 1. The highest BCUT2D eigenvalue weighted by Gasteiger charge is 2.26. The largest absolute Gasteiger partial charge is 0.374 e. The Morgan fingerprint density at radius 1 is 1.40 bits per heavy atom. The molecular formula is C16H20N4O4S. The van der Waals surface area contributed by atoms with Crippen molar-refractivity contribution in [3.63, 3.8) is 0 Å². The lowest BCUT2D eigenvalue weighted by Crippen LogP contribution is -2.49. The molecule has 3 rings (SSSR count). The van der Waals surface area contributed by atoms with Crippen LogP contribution >= 0.6 is 0 Å². The van der Waals surface area contributed by atoms with Crippen molar-refractivity contribution in [1.82, 2.24) is 19.4 Å². The second-order valence-corrected chi connectivity index (χ2v) is 7.81. The van der Waals surface area contributed by atoms with E-state index in [1.165, 1.54) is 10.6 Å². The Bertz CT molecular complexity index is 836. The summed E-state index contributed by atoms with van der Waals surface area (Å²) in [5.41, 5.74) is 1.29. The Labute approximate surface area is 146 Å². The third-order valence-electron chi connectivity index (χ3n) is 3.94. The maximum absolute atomic E-state index is 12.4. The lowest BCUT2D eigenvalue weighted by Gasteiger charge is -2.31. The number of sulfonamides is 1. The van der Waals surface area contributed by atoms with Gasteiger partial charge in [0, 0.05) is 37.6 Å². The highest BCUT2D eigenvalue weighted by Crippen LogP contribution is 2.11. The first-order valence-corrected chi connectivity index (χ1v) is 9.73. The second-order valence-electron chi connectivity index (χ2n) is 5.82. The van der Waals surface area contributed by atoms with Crippen LogP contribution in [0.25, 0.3) is 5.69 Å². The minimum atomic E-state index is -3.25. The molecule has 0 bridgehead atoms. The molecule has 2 heterocycles. The molecule has 0 aliphatic carbocycles. The first-order valence-electron chi connectivity index (χ1n) is 7.88.